The van der Waals surface area contributed by atoms with Crippen LogP contribution in [0.5, 0.6) is 0 Å². The number of halogens is 1. The van der Waals surface area contributed by atoms with E-state index in [2.05, 4.69) is 13.8 Å². The number of ether oxygens (including phenoxy) is 1. The van der Waals surface area contributed by atoms with Crippen LogP contribution in [0.25, 0.3) is 0 Å². The van der Waals surface area contributed by atoms with Gasteiger partial charge >= 0.3 is 0 Å². The Morgan fingerprint density at radius 2 is 2.04 bits per heavy atom. The summed E-state index contributed by atoms with van der Waals surface area (Å²) in [5.41, 5.74) is 1.90. The number of carbonyl (C=O) groups excluding carboxylic acids is 1. The van der Waals surface area contributed by atoms with Gasteiger partial charge in [-0.2, -0.15) is 0 Å². The average molecular weight is 341 g/mol. The third kappa shape index (κ3) is 7.47. The monoisotopic (exact) mass is 340 g/mol. The predicted molar refractivity (Wildman–Crippen MR) is 94.8 cm³/mol. The van der Waals surface area contributed by atoms with Gasteiger partial charge in [0.25, 0.3) is 0 Å². The van der Waals surface area contributed by atoms with E-state index >= 15 is 0 Å². The van der Waals surface area contributed by atoms with Crippen molar-refractivity contribution in [1.29, 1.82) is 0 Å². The van der Waals surface area contributed by atoms with Gasteiger partial charge in [-0.3, -0.25) is 4.79 Å². The van der Waals surface area contributed by atoms with Crippen molar-refractivity contribution in [2.75, 3.05) is 13.2 Å². The van der Waals surface area contributed by atoms with E-state index in [0.717, 1.165) is 43.4 Å². The van der Waals surface area contributed by atoms with E-state index in [1.165, 1.54) is 0 Å². The summed E-state index contributed by atoms with van der Waals surface area (Å²) in [5, 5.41) is 9.79. The molecule has 23 heavy (non-hydrogen) atoms. The minimum absolute atomic E-state index is 0.0510. The Morgan fingerprint density at radius 1 is 1.26 bits per heavy atom. The molecule has 1 aromatic carbocycles. The van der Waals surface area contributed by atoms with Gasteiger partial charge in [-0.15, -0.1) is 0 Å². The lowest BCUT2D eigenvalue weighted by molar-refractivity contribution is -0.122. The number of hydrogen-bond donors (Lipinski definition) is 1. The molecule has 0 spiro atoms. The highest BCUT2D eigenvalue weighted by molar-refractivity contribution is 6.31. The first-order chi connectivity index (χ1) is 11.1. The van der Waals surface area contributed by atoms with E-state index in [1.54, 1.807) is 0 Å². The molecule has 1 aromatic rings. The zero-order chi connectivity index (χ0) is 17.1. The van der Waals surface area contributed by atoms with Crippen LogP contribution in [0.1, 0.15) is 57.1 Å². The number of rotatable bonds is 12. The molecule has 3 nitrogen and oxygen atoms in total. The molecule has 0 fully saturated rings. The summed E-state index contributed by atoms with van der Waals surface area (Å²) in [7, 11) is 0. The van der Waals surface area contributed by atoms with Gasteiger partial charge in [-0.05, 0) is 36.5 Å². The highest BCUT2D eigenvalue weighted by Crippen LogP contribution is 2.21. The van der Waals surface area contributed by atoms with Crippen LogP contribution >= 0.6 is 11.6 Å². The minimum Gasteiger partial charge on any atom is -0.396 e. The van der Waals surface area contributed by atoms with Crippen molar-refractivity contribution in [3.8, 4) is 0 Å². The highest BCUT2D eigenvalue weighted by atomic mass is 35.5. The lowest BCUT2D eigenvalue weighted by atomic mass is 9.91. The normalized spacial score (nSPS) is 12.3. The number of aliphatic hydroxyl groups is 1. The maximum atomic E-state index is 12.4. The van der Waals surface area contributed by atoms with Crippen LogP contribution in [-0.4, -0.2) is 24.1 Å². The van der Waals surface area contributed by atoms with E-state index in [-0.39, 0.29) is 18.3 Å². The Hall–Kier alpha value is -0.900. The average Bonchev–Trinajstić information content (AvgIpc) is 2.54. The SMILES string of the molecule is CCCCOCc1cc(CC(=O)C(CCC)CCO)ccc1Cl. The summed E-state index contributed by atoms with van der Waals surface area (Å²) in [6.45, 7) is 5.46. The lowest BCUT2D eigenvalue weighted by Gasteiger charge is -2.14. The van der Waals surface area contributed by atoms with Crippen LogP contribution in [-0.2, 0) is 22.6 Å². The molecule has 1 atom stereocenters. The summed E-state index contributed by atoms with van der Waals surface area (Å²) < 4.78 is 5.62. The second kappa shape index (κ2) is 11.6. The van der Waals surface area contributed by atoms with Crippen LogP contribution < -0.4 is 0 Å². The summed E-state index contributed by atoms with van der Waals surface area (Å²) in [5.74, 6) is 0.144. The molecule has 0 saturated carbocycles. The van der Waals surface area contributed by atoms with Crippen LogP contribution in [0.3, 0.4) is 0 Å². The molecule has 0 radical (unpaired) electrons. The number of Topliss-reactive ketones (excluding diaryl/α,β-unsaturated/α-hetero) is 1. The van der Waals surface area contributed by atoms with E-state index in [9.17, 15) is 4.79 Å². The van der Waals surface area contributed by atoms with Gasteiger partial charge in [0.2, 0.25) is 0 Å². The molecule has 0 aliphatic heterocycles. The zero-order valence-electron chi connectivity index (χ0n) is 14.3. The van der Waals surface area contributed by atoms with Crippen LogP contribution in [0.2, 0.25) is 5.02 Å². The third-order valence-corrected chi connectivity index (χ3v) is 4.33. The first kappa shape index (κ1) is 20.1. The van der Waals surface area contributed by atoms with Gasteiger partial charge in [-0.25, -0.2) is 0 Å². The Bertz CT molecular complexity index is 468. The molecule has 0 saturated heterocycles. The first-order valence-electron chi connectivity index (χ1n) is 8.60. The van der Waals surface area contributed by atoms with Gasteiger partial charge in [0.1, 0.15) is 5.78 Å². The fourth-order valence-corrected chi connectivity index (χ4v) is 2.77. The third-order valence-electron chi connectivity index (χ3n) is 3.96. The van der Waals surface area contributed by atoms with Gasteiger partial charge in [0, 0.05) is 30.6 Å². The fraction of sp³-hybridized carbons (Fsp3) is 0.632. The molecular weight excluding hydrogens is 312 g/mol. The fourth-order valence-electron chi connectivity index (χ4n) is 2.59. The van der Waals surface area contributed by atoms with E-state index < -0.39 is 0 Å². The van der Waals surface area contributed by atoms with Crippen molar-refractivity contribution in [2.24, 2.45) is 5.92 Å². The molecule has 1 N–H and O–H groups in total. The molecule has 0 bridgehead atoms. The molecule has 130 valence electrons. The summed E-state index contributed by atoms with van der Waals surface area (Å²) in [4.78, 5) is 12.4. The number of unbranched alkanes of at least 4 members (excludes halogenated alkanes) is 1. The van der Waals surface area contributed by atoms with Gasteiger partial charge in [0.05, 0.1) is 6.61 Å². The maximum Gasteiger partial charge on any atom is 0.140 e. The van der Waals surface area contributed by atoms with Crippen molar-refractivity contribution in [3.63, 3.8) is 0 Å². The number of hydrogen-bond acceptors (Lipinski definition) is 3. The molecule has 0 aromatic heterocycles. The van der Waals surface area contributed by atoms with Crippen molar-refractivity contribution in [2.45, 2.75) is 59.0 Å². The first-order valence-corrected chi connectivity index (χ1v) is 8.98. The maximum absolute atomic E-state index is 12.4. The second-order valence-electron chi connectivity index (χ2n) is 5.97. The molecule has 0 heterocycles. The Morgan fingerprint density at radius 3 is 2.70 bits per heavy atom. The van der Waals surface area contributed by atoms with E-state index in [0.29, 0.717) is 24.5 Å². The van der Waals surface area contributed by atoms with E-state index in [1.807, 2.05) is 18.2 Å². The lowest BCUT2D eigenvalue weighted by Crippen LogP contribution is -2.18. The molecule has 4 heteroatoms. The predicted octanol–water partition coefficient (Wildman–Crippen LogP) is 4.57. The van der Waals surface area contributed by atoms with Crippen LogP contribution in [0.4, 0.5) is 0 Å². The van der Waals surface area contributed by atoms with Crippen LogP contribution in [0, 0.1) is 5.92 Å². The van der Waals surface area contributed by atoms with Crippen molar-refractivity contribution in [1.82, 2.24) is 0 Å². The smallest absolute Gasteiger partial charge is 0.140 e. The standard InChI is InChI=1S/C19H29ClO3/c1-3-5-11-23-14-17-12-15(7-8-18(17)20)13-19(22)16(6-4-2)9-10-21/h7-8,12,16,21H,3-6,9-11,13-14H2,1-2H3. The Balaban J connectivity index is 2.67. The number of carbonyl (C=O) groups is 1. The number of benzene rings is 1. The molecule has 0 aliphatic rings. The van der Waals surface area contributed by atoms with Gasteiger partial charge in [0.15, 0.2) is 0 Å². The molecule has 1 rings (SSSR count). The quantitative estimate of drug-likeness (QED) is 0.567. The minimum atomic E-state index is -0.0510. The Labute approximate surface area is 145 Å². The summed E-state index contributed by atoms with van der Waals surface area (Å²) in [6, 6.07) is 5.70. The van der Waals surface area contributed by atoms with Crippen molar-refractivity contribution < 1.29 is 14.6 Å². The Kier molecular flexibility index (Phi) is 10.2. The van der Waals surface area contributed by atoms with E-state index in [4.69, 9.17) is 21.4 Å². The second-order valence-corrected chi connectivity index (χ2v) is 6.38. The van der Waals surface area contributed by atoms with Gasteiger partial charge < -0.3 is 9.84 Å². The molecule has 0 amide bonds. The summed E-state index contributed by atoms with van der Waals surface area (Å²) >= 11 is 6.21. The highest BCUT2D eigenvalue weighted by Gasteiger charge is 2.17. The van der Waals surface area contributed by atoms with Crippen LogP contribution in [0.15, 0.2) is 18.2 Å². The molecule has 1 unspecified atom stereocenters. The van der Waals surface area contributed by atoms with Gasteiger partial charge in [-0.1, -0.05) is 50.4 Å². The van der Waals surface area contributed by atoms with Crippen molar-refractivity contribution in [3.05, 3.63) is 34.3 Å². The number of aliphatic hydroxyl groups excluding tert-OH is 1. The van der Waals surface area contributed by atoms with Crippen molar-refractivity contribution >= 4 is 17.4 Å². The largest absolute Gasteiger partial charge is 0.396 e. The molecule has 0 aliphatic carbocycles. The summed E-state index contributed by atoms with van der Waals surface area (Å²) in [6.07, 6.45) is 4.87. The zero-order valence-corrected chi connectivity index (χ0v) is 15.1. The number of ketones is 1. The molecular formula is C19H29ClO3. The topological polar surface area (TPSA) is 46.5 Å².